The molecule has 0 saturated carbocycles. The van der Waals surface area contributed by atoms with Crippen molar-refractivity contribution in [3.8, 4) is 0 Å². The average molecular weight is 245 g/mol. The number of aryl methyl sites for hydroxylation is 1. The van der Waals surface area contributed by atoms with Crippen LogP contribution in [-0.4, -0.2) is 18.1 Å². The van der Waals surface area contributed by atoms with Gasteiger partial charge in [0.05, 0.1) is 17.9 Å². The van der Waals surface area contributed by atoms with Crippen molar-refractivity contribution >= 4 is 22.7 Å². The van der Waals surface area contributed by atoms with E-state index in [1.807, 2.05) is 6.92 Å². The Labute approximate surface area is 105 Å². The van der Waals surface area contributed by atoms with Gasteiger partial charge in [0.2, 0.25) is 0 Å². The SMILES string of the molecule is Cc1csc(CN2CCNc3ccccc32)n1. The molecule has 0 bridgehead atoms. The highest BCUT2D eigenvalue weighted by molar-refractivity contribution is 7.09. The minimum absolute atomic E-state index is 0.914. The summed E-state index contributed by atoms with van der Waals surface area (Å²) in [6.45, 7) is 5.00. The Bertz CT molecular complexity index is 521. The molecule has 1 aliphatic heterocycles. The zero-order chi connectivity index (χ0) is 11.7. The third-order valence-corrected chi connectivity index (χ3v) is 3.89. The van der Waals surface area contributed by atoms with Gasteiger partial charge in [0.1, 0.15) is 5.01 Å². The number of fused-ring (bicyclic) bond motifs is 1. The fourth-order valence-electron chi connectivity index (χ4n) is 2.15. The maximum atomic E-state index is 4.53. The molecular weight excluding hydrogens is 230 g/mol. The molecule has 2 heterocycles. The zero-order valence-electron chi connectivity index (χ0n) is 9.81. The topological polar surface area (TPSA) is 28.2 Å². The Balaban J connectivity index is 1.85. The summed E-state index contributed by atoms with van der Waals surface area (Å²) in [7, 11) is 0. The van der Waals surface area contributed by atoms with E-state index in [-0.39, 0.29) is 0 Å². The Morgan fingerprint density at radius 2 is 2.29 bits per heavy atom. The van der Waals surface area contributed by atoms with E-state index < -0.39 is 0 Å². The standard InChI is InChI=1S/C13H15N3S/c1-10-9-17-13(15-10)8-16-7-6-14-11-4-2-3-5-12(11)16/h2-5,9,14H,6-8H2,1H3. The maximum Gasteiger partial charge on any atom is 0.112 e. The molecule has 0 radical (unpaired) electrons. The van der Waals surface area contributed by atoms with Gasteiger partial charge >= 0.3 is 0 Å². The fraction of sp³-hybridized carbons (Fsp3) is 0.308. The van der Waals surface area contributed by atoms with Gasteiger partial charge in [-0.3, -0.25) is 0 Å². The second kappa shape index (κ2) is 4.37. The first-order valence-electron chi connectivity index (χ1n) is 5.82. The molecule has 1 aliphatic rings. The normalized spacial score (nSPS) is 14.3. The molecule has 2 aromatic rings. The number of hydrogen-bond acceptors (Lipinski definition) is 4. The van der Waals surface area contributed by atoms with Crippen molar-refractivity contribution in [2.75, 3.05) is 23.3 Å². The van der Waals surface area contributed by atoms with Crippen LogP contribution in [0.15, 0.2) is 29.6 Å². The van der Waals surface area contributed by atoms with E-state index in [4.69, 9.17) is 0 Å². The second-order valence-corrected chi connectivity index (χ2v) is 5.19. The van der Waals surface area contributed by atoms with Crippen LogP contribution in [0.3, 0.4) is 0 Å². The van der Waals surface area contributed by atoms with Gasteiger partial charge in [-0.15, -0.1) is 11.3 Å². The van der Waals surface area contributed by atoms with E-state index in [1.165, 1.54) is 16.4 Å². The number of nitrogens with zero attached hydrogens (tertiary/aromatic N) is 2. The summed E-state index contributed by atoms with van der Waals surface area (Å²) in [5.41, 5.74) is 3.63. The molecule has 0 fully saturated rings. The monoisotopic (exact) mass is 245 g/mol. The van der Waals surface area contributed by atoms with Crippen LogP contribution in [0.4, 0.5) is 11.4 Å². The Morgan fingerprint density at radius 3 is 3.12 bits per heavy atom. The maximum absolute atomic E-state index is 4.53. The van der Waals surface area contributed by atoms with Crippen molar-refractivity contribution < 1.29 is 0 Å². The Morgan fingerprint density at radius 1 is 1.41 bits per heavy atom. The summed E-state index contributed by atoms with van der Waals surface area (Å²) in [6.07, 6.45) is 0. The molecule has 3 rings (SSSR count). The molecule has 3 nitrogen and oxygen atoms in total. The number of thiazole rings is 1. The molecule has 17 heavy (non-hydrogen) atoms. The van der Waals surface area contributed by atoms with E-state index in [2.05, 4.69) is 44.8 Å². The lowest BCUT2D eigenvalue weighted by Gasteiger charge is -2.31. The van der Waals surface area contributed by atoms with Gasteiger partial charge < -0.3 is 10.2 Å². The van der Waals surface area contributed by atoms with Gasteiger partial charge in [-0.25, -0.2) is 4.98 Å². The van der Waals surface area contributed by atoms with Gasteiger partial charge in [-0.05, 0) is 19.1 Å². The van der Waals surface area contributed by atoms with E-state index in [0.717, 1.165) is 25.3 Å². The molecule has 0 atom stereocenters. The van der Waals surface area contributed by atoms with Crippen molar-refractivity contribution in [2.45, 2.75) is 13.5 Å². The second-order valence-electron chi connectivity index (χ2n) is 4.25. The first kappa shape index (κ1) is 10.6. The van der Waals surface area contributed by atoms with Crippen LogP contribution in [0.5, 0.6) is 0 Å². The van der Waals surface area contributed by atoms with Crippen LogP contribution in [0.2, 0.25) is 0 Å². The number of hydrogen-bond donors (Lipinski definition) is 1. The van der Waals surface area contributed by atoms with Crippen molar-refractivity contribution in [1.29, 1.82) is 0 Å². The molecule has 0 aliphatic carbocycles. The molecule has 1 aromatic carbocycles. The molecular formula is C13H15N3S. The summed E-state index contributed by atoms with van der Waals surface area (Å²) < 4.78 is 0. The lowest BCUT2D eigenvalue weighted by molar-refractivity contribution is 0.781. The molecule has 4 heteroatoms. The van der Waals surface area contributed by atoms with Gasteiger partial charge in [0, 0.05) is 24.2 Å². The largest absolute Gasteiger partial charge is 0.382 e. The van der Waals surface area contributed by atoms with E-state index in [9.17, 15) is 0 Å². The zero-order valence-corrected chi connectivity index (χ0v) is 10.6. The van der Waals surface area contributed by atoms with Crippen molar-refractivity contribution in [1.82, 2.24) is 4.98 Å². The lowest BCUT2D eigenvalue weighted by Crippen LogP contribution is -2.33. The number of aromatic nitrogens is 1. The predicted octanol–water partition coefficient (Wildman–Crippen LogP) is 2.88. The average Bonchev–Trinajstić information content (AvgIpc) is 2.75. The summed E-state index contributed by atoms with van der Waals surface area (Å²) >= 11 is 1.74. The third kappa shape index (κ3) is 2.13. The van der Waals surface area contributed by atoms with Gasteiger partial charge in [-0.2, -0.15) is 0 Å². The summed E-state index contributed by atoms with van der Waals surface area (Å²) in [6, 6.07) is 8.46. The molecule has 0 spiro atoms. The van der Waals surface area contributed by atoms with Crippen LogP contribution in [0.1, 0.15) is 10.7 Å². The molecule has 0 unspecified atom stereocenters. The lowest BCUT2D eigenvalue weighted by atomic mass is 10.2. The smallest absolute Gasteiger partial charge is 0.112 e. The van der Waals surface area contributed by atoms with Gasteiger partial charge in [0.25, 0.3) is 0 Å². The fourth-order valence-corrected chi connectivity index (χ4v) is 2.93. The van der Waals surface area contributed by atoms with Crippen molar-refractivity contribution in [3.63, 3.8) is 0 Å². The summed E-state index contributed by atoms with van der Waals surface area (Å²) in [5, 5.41) is 6.73. The Hall–Kier alpha value is -1.55. The van der Waals surface area contributed by atoms with Crippen LogP contribution in [0, 0.1) is 6.92 Å². The number of rotatable bonds is 2. The third-order valence-electron chi connectivity index (χ3n) is 2.93. The summed E-state index contributed by atoms with van der Waals surface area (Å²) in [5.74, 6) is 0. The molecule has 1 aromatic heterocycles. The highest BCUT2D eigenvalue weighted by Gasteiger charge is 2.16. The van der Waals surface area contributed by atoms with Gasteiger partial charge in [-0.1, -0.05) is 12.1 Å². The van der Waals surface area contributed by atoms with E-state index in [1.54, 1.807) is 11.3 Å². The Kier molecular flexibility index (Phi) is 2.73. The number of nitrogens with one attached hydrogen (secondary N) is 1. The number of benzene rings is 1. The van der Waals surface area contributed by atoms with E-state index in [0.29, 0.717) is 0 Å². The van der Waals surface area contributed by atoms with Crippen molar-refractivity contribution in [2.24, 2.45) is 0 Å². The highest BCUT2D eigenvalue weighted by atomic mass is 32.1. The number of anilines is 2. The summed E-state index contributed by atoms with van der Waals surface area (Å²) in [4.78, 5) is 6.93. The van der Waals surface area contributed by atoms with Crippen molar-refractivity contribution in [3.05, 3.63) is 40.3 Å². The molecule has 0 amide bonds. The molecule has 0 saturated heterocycles. The first-order valence-corrected chi connectivity index (χ1v) is 6.70. The van der Waals surface area contributed by atoms with Gasteiger partial charge in [0.15, 0.2) is 0 Å². The number of para-hydroxylation sites is 2. The van der Waals surface area contributed by atoms with E-state index >= 15 is 0 Å². The molecule has 1 N–H and O–H groups in total. The highest BCUT2D eigenvalue weighted by Crippen LogP contribution is 2.29. The minimum atomic E-state index is 0.914. The minimum Gasteiger partial charge on any atom is -0.382 e. The predicted molar refractivity (Wildman–Crippen MR) is 72.8 cm³/mol. The first-order chi connectivity index (χ1) is 8.33. The molecule has 88 valence electrons. The van der Waals surface area contributed by atoms with Crippen LogP contribution >= 0.6 is 11.3 Å². The van der Waals surface area contributed by atoms with Crippen LogP contribution in [0.25, 0.3) is 0 Å². The quantitative estimate of drug-likeness (QED) is 0.881. The van der Waals surface area contributed by atoms with Crippen LogP contribution < -0.4 is 10.2 Å². The van der Waals surface area contributed by atoms with Crippen LogP contribution in [-0.2, 0) is 6.54 Å².